The quantitative estimate of drug-likeness (QED) is 0.683. The van der Waals surface area contributed by atoms with Crippen molar-refractivity contribution in [1.82, 2.24) is 4.90 Å². The fourth-order valence-electron chi connectivity index (χ4n) is 4.09. The summed E-state index contributed by atoms with van der Waals surface area (Å²) >= 11 is 0. The van der Waals surface area contributed by atoms with Gasteiger partial charge in [0.2, 0.25) is 0 Å². The second kappa shape index (κ2) is 7.55. The number of hydrogen-bond acceptors (Lipinski definition) is 4. The average Bonchev–Trinajstić information content (AvgIpc) is 3.14. The van der Waals surface area contributed by atoms with Crippen LogP contribution in [0, 0.1) is 0 Å². The van der Waals surface area contributed by atoms with E-state index in [9.17, 15) is 13.2 Å². The van der Waals surface area contributed by atoms with E-state index in [-0.39, 0.29) is 29.6 Å². The molecule has 0 saturated carbocycles. The summed E-state index contributed by atoms with van der Waals surface area (Å²) in [6.07, 6.45) is 1.76. The fourth-order valence-corrected chi connectivity index (χ4v) is 6.04. The Morgan fingerprint density at radius 3 is 2.34 bits per heavy atom. The SMILES string of the molecule is C=Cc1ccc(CN2C(=O)N(c3ccc(OCC)cc3)[C@H]3CS(=O)(=O)C[C@@H]32)cc1. The van der Waals surface area contributed by atoms with E-state index in [1.165, 1.54) is 0 Å². The molecule has 0 N–H and O–H groups in total. The van der Waals surface area contributed by atoms with Crippen LogP contribution in [0.5, 0.6) is 5.75 Å². The predicted molar refractivity (Wildman–Crippen MR) is 114 cm³/mol. The molecule has 2 aromatic carbocycles. The number of fused-ring (bicyclic) bond motifs is 1. The number of ether oxygens (including phenoxy) is 1. The molecule has 0 spiro atoms. The van der Waals surface area contributed by atoms with Crippen molar-refractivity contribution < 1.29 is 17.9 Å². The first kappa shape index (κ1) is 19.5. The normalized spacial score (nSPS) is 22.6. The van der Waals surface area contributed by atoms with Crippen molar-refractivity contribution in [1.29, 1.82) is 0 Å². The Kier molecular flexibility index (Phi) is 5.08. The van der Waals surface area contributed by atoms with Gasteiger partial charge in [-0.3, -0.25) is 4.90 Å². The molecule has 2 heterocycles. The number of rotatable bonds is 6. The number of hydrogen-bond donors (Lipinski definition) is 0. The van der Waals surface area contributed by atoms with Gasteiger partial charge in [-0.2, -0.15) is 0 Å². The number of carbonyl (C=O) groups is 1. The minimum absolute atomic E-state index is 0.00166. The van der Waals surface area contributed by atoms with Gasteiger partial charge < -0.3 is 9.64 Å². The van der Waals surface area contributed by atoms with Gasteiger partial charge in [0, 0.05) is 12.2 Å². The van der Waals surface area contributed by atoms with Crippen molar-refractivity contribution in [2.75, 3.05) is 23.0 Å². The lowest BCUT2D eigenvalue weighted by Crippen LogP contribution is -2.37. The second-order valence-corrected chi connectivity index (χ2v) is 9.52. The lowest BCUT2D eigenvalue weighted by atomic mass is 10.1. The Hall–Kier alpha value is -2.80. The van der Waals surface area contributed by atoms with E-state index in [0.717, 1.165) is 16.9 Å². The minimum Gasteiger partial charge on any atom is -0.494 e. The number of benzene rings is 2. The first-order valence-corrected chi connectivity index (χ1v) is 11.5. The molecule has 0 aromatic heterocycles. The maximum absolute atomic E-state index is 13.3. The first-order chi connectivity index (χ1) is 13.9. The standard InChI is InChI=1S/C22H24N2O4S/c1-3-16-5-7-17(8-6-16)13-23-20-14-29(26,27)15-21(20)24(22(23)25)18-9-11-19(12-10-18)28-4-2/h3,5-12,20-21H,1,4,13-15H2,2H3/t20-,21-/m0/s1. The van der Waals surface area contributed by atoms with Crippen LogP contribution in [0.25, 0.3) is 6.08 Å². The predicted octanol–water partition coefficient (Wildman–Crippen LogP) is 3.34. The van der Waals surface area contributed by atoms with Gasteiger partial charge in [-0.25, -0.2) is 13.2 Å². The van der Waals surface area contributed by atoms with Crippen LogP contribution < -0.4 is 9.64 Å². The van der Waals surface area contributed by atoms with Crippen LogP contribution in [-0.4, -0.2) is 49.5 Å². The zero-order valence-electron chi connectivity index (χ0n) is 16.3. The molecule has 0 radical (unpaired) electrons. The van der Waals surface area contributed by atoms with E-state index in [4.69, 9.17) is 4.74 Å². The fraction of sp³-hybridized carbons (Fsp3) is 0.318. The number of anilines is 1. The van der Waals surface area contributed by atoms with Gasteiger partial charge in [-0.1, -0.05) is 36.9 Å². The molecule has 2 amide bonds. The van der Waals surface area contributed by atoms with Crippen molar-refractivity contribution in [3.8, 4) is 5.75 Å². The molecule has 2 aliphatic rings. The van der Waals surface area contributed by atoms with Gasteiger partial charge in [-0.15, -0.1) is 0 Å². The molecule has 2 fully saturated rings. The van der Waals surface area contributed by atoms with Crippen LogP contribution in [0.15, 0.2) is 55.1 Å². The van der Waals surface area contributed by atoms with E-state index in [1.54, 1.807) is 28.0 Å². The van der Waals surface area contributed by atoms with E-state index >= 15 is 0 Å². The molecule has 29 heavy (non-hydrogen) atoms. The van der Waals surface area contributed by atoms with Crippen molar-refractivity contribution in [3.05, 3.63) is 66.2 Å². The Bertz CT molecular complexity index is 1020. The minimum atomic E-state index is -3.20. The van der Waals surface area contributed by atoms with Crippen LogP contribution in [0.2, 0.25) is 0 Å². The molecule has 4 rings (SSSR count). The molecule has 2 aromatic rings. The summed E-state index contributed by atoms with van der Waals surface area (Å²) in [7, 11) is -3.20. The monoisotopic (exact) mass is 412 g/mol. The zero-order chi connectivity index (χ0) is 20.6. The Morgan fingerprint density at radius 2 is 1.72 bits per heavy atom. The van der Waals surface area contributed by atoms with Gasteiger partial charge in [-0.05, 0) is 42.3 Å². The highest BCUT2D eigenvalue weighted by Crippen LogP contribution is 2.36. The lowest BCUT2D eigenvalue weighted by molar-refractivity contribution is 0.206. The van der Waals surface area contributed by atoms with Crippen molar-refractivity contribution in [2.45, 2.75) is 25.6 Å². The highest BCUT2D eigenvalue weighted by atomic mass is 32.2. The van der Waals surface area contributed by atoms with Crippen LogP contribution in [0.1, 0.15) is 18.1 Å². The second-order valence-electron chi connectivity index (χ2n) is 7.36. The van der Waals surface area contributed by atoms with Crippen LogP contribution in [0.3, 0.4) is 0 Å². The summed E-state index contributed by atoms with van der Waals surface area (Å²) < 4.78 is 30.2. The number of urea groups is 1. The van der Waals surface area contributed by atoms with E-state index in [0.29, 0.717) is 18.8 Å². The summed E-state index contributed by atoms with van der Waals surface area (Å²) in [5, 5.41) is 0. The topological polar surface area (TPSA) is 66.9 Å². The highest BCUT2D eigenvalue weighted by Gasteiger charge is 2.53. The van der Waals surface area contributed by atoms with E-state index in [2.05, 4.69) is 6.58 Å². The summed E-state index contributed by atoms with van der Waals surface area (Å²) in [6.45, 7) is 6.59. The summed E-state index contributed by atoms with van der Waals surface area (Å²) in [5.74, 6) is 0.710. The first-order valence-electron chi connectivity index (χ1n) is 9.66. The summed E-state index contributed by atoms with van der Waals surface area (Å²) in [4.78, 5) is 16.6. The number of carbonyl (C=O) groups excluding carboxylic acids is 1. The maximum Gasteiger partial charge on any atom is 0.325 e. The Labute approximate surface area is 171 Å². The Balaban J connectivity index is 1.64. The van der Waals surface area contributed by atoms with E-state index in [1.807, 2.05) is 43.3 Å². The van der Waals surface area contributed by atoms with Crippen LogP contribution in [-0.2, 0) is 16.4 Å². The van der Waals surface area contributed by atoms with Crippen molar-refractivity contribution in [3.63, 3.8) is 0 Å². The van der Waals surface area contributed by atoms with Gasteiger partial charge in [0.25, 0.3) is 0 Å². The van der Waals surface area contributed by atoms with Crippen LogP contribution >= 0.6 is 0 Å². The van der Waals surface area contributed by atoms with Crippen molar-refractivity contribution >= 4 is 27.6 Å². The summed E-state index contributed by atoms with van der Waals surface area (Å²) in [6, 6.07) is 14.1. The van der Waals surface area contributed by atoms with Crippen molar-refractivity contribution in [2.24, 2.45) is 0 Å². The molecule has 2 atom stereocenters. The third kappa shape index (κ3) is 3.74. The van der Waals surface area contributed by atoms with Gasteiger partial charge >= 0.3 is 6.03 Å². The smallest absolute Gasteiger partial charge is 0.325 e. The molecule has 0 aliphatic carbocycles. The third-order valence-corrected chi connectivity index (χ3v) is 7.17. The van der Waals surface area contributed by atoms with Gasteiger partial charge in [0.1, 0.15) is 5.75 Å². The molecule has 0 bridgehead atoms. The van der Waals surface area contributed by atoms with Gasteiger partial charge in [0.05, 0.1) is 30.2 Å². The van der Waals surface area contributed by atoms with Crippen LogP contribution in [0.4, 0.5) is 10.5 Å². The number of amides is 2. The molecule has 152 valence electrons. The number of nitrogens with zero attached hydrogens (tertiary/aromatic N) is 2. The lowest BCUT2D eigenvalue weighted by Gasteiger charge is -2.23. The summed E-state index contributed by atoms with van der Waals surface area (Å²) in [5.41, 5.74) is 2.65. The molecular formula is C22H24N2O4S. The molecule has 0 unspecified atom stereocenters. The highest BCUT2D eigenvalue weighted by molar-refractivity contribution is 7.91. The molecule has 2 saturated heterocycles. The average molecular weight is 413 g/mol. The zero-order valence-corrected chi connectivity index (χ0v) is 17.1. The van der Waals surface area contributed by atoms with E-state index < -0.39 is 9.84 Å². The molecule has 6 nitrogen and oxygen atoms in total. The third-order valence-electron chi connectivity index (χ3n) is 5.47. The molecule has 7 heteroatoms. The number of sulfone groups is 1. The maximum atomic E-state index is 13.3. The van der Waals surface area contributed by atoms with Gasteiger partial charge in [0.15, 0.2) is 9.84 Å². The Morgan fingerprint density at radius 1 is 1.07 bits per heavy atom. The largest absolute Gasteiger partial charge is 0.494 e. The molecule has 2 aliphatic heterocycles. The molecular weight excluding hydrogens is 388 g/mol.